The summed E-state index contributed by atoms with van der Waals surface area (Å²) < 4.78 is 0. The Hall–Kier alpha value is -2.10. The molecule has 0 spiro atoms. The topological polar surface area (TPSA) is 49.0 Å². The number of nitrogens with one attached hydrogen (secondary N) is 1. The third-order valence-corrected chi connectivity index (χ3v) is 4.65. The number of hydrogen-bond donors (Lipinski definition) is 1. The van der Waals surface area contributed by atoms with E-state index in [1.165, 1.54) is 5.56 Å². The summed E-state index contributed by atoms with van der Waals surface area (Å²) >= 11 is 0. The Balaban J connectivity index is 1.70. The van der Waals surface area contributed by atoms with Crippen molar-refractivity contribution in [2.24, 2.45) is 5.92 Å². The summed E-state index contributed by atoms with van der Waals surface area (Å²) in [6, 6.07) is 10.3. The number of rotatable bonds is 6. The van der Waals surface area contributed by atoms with Gasteiger partial charge < -0.3 is 9.88 Å². The summed E-state index contributed by atoms with van der Waals surface area (Å²) in [6.45, 7) is 3.73. The van der Waals surface area contributed by atoms with Gasteiger partial charge in [0.15, 0.2) is 0 Å². The van der Waals surface area contributed by atoms with Crippen molar-refractivity contribution in [2.75, 3.05) is 6.54 Å². The van der Waals surface area contributed by atoms with Gasteiger partial charge in [-0.3, -0.25) is 4.79 Å². The number of aromatic nitrogens is 2. The quantitative estimate of drug-likeness (QED) is 0.889. The third-order valence-electron chi connectivity index (χ3n) is 4.65. The molecule has 23 heavy (non-hydrogen) atoms. The highest BCUT2D eigenvalue weighted by molar-refractivity contribution is 5.79. The first-order valence-electron chi connectivity index (χ1n) is 8.61. The van der Waals surface area contributed by atoms with Crippen molar-refractivity contribution in [3.05, 3.63) is 53.6 Å². The number of aromatic amines is 1. The van der Waals surface area contributed by atoms with Gasteiger partial charge >= 0.3 is 0 Å². The van der Waals surface area contributed by atoms with E-state index in [9.17, 15) is 4.79 Å². The van der Waals surface area contributed by atoms with Crippen LogP contribution in [0.15, 0.2) is 36.7 Å². The molecule has 2 aromatic rings. The van der Waals surface area contributed by atoms with Crippen LogP contribution >= 0.6 is 0 Å². The number of H-pyrrole nitrogens is 1. The monoisotopic (exact) mass is 311 g/mol. The second-order valence-electron chi connectivity index (χ2n) is 6.37. The normalized spacial score (nSPS) is 16.8. The Morgan fingerprint density at radius 2 is 2.17 bits per heavy atom. The zero-order valence-electron chi connectivity index (χ0n) is 13.8. The van der Waals surface area contributed by atoms with Gasteiger partial charge in [0.1, 0.15) is 0 Å². The van der Waals surface area contributed by atoms with Crippen LogP contribution in [0, 0.1) is 5.92 Å². The van der Waals surface area contributed by atoms with Crippen LogP contribution in [0.25, 0.3) is 0 Å². The number of imidazole rings is 1. The van der Waals surface area contributed by atoms with Crippen LogP contribution in [-0.2, 0) is 24.2 Å². The molecule has 0 aliphatic heterocycles. The van der Waals surface area contributed by atoms with Gasteiger partial charge in [0.2, 0.25) is 5.91 Å². The first-order valence-corrected chi connectivity index (χ1v) is 8.61. The number of hydrogen-bond acceptors (Lipinski definition) is 2. The molecule has 0 radical (unpaired) electrons. The van der Waals surface area contributed by atoms with E-state index in [1.54, 1.807) is 6.33 Å². The fourth-order valence-electron chi connectivity index (χ4n) is 3.29. The lowest BCUT2D eigenvalue weighted by molar-refractivity contribution is -0.136. The molecular formula is C19H25N3O. The van der Waals surface area contributed by atoms with Crippen molar-refractivity contribution in [3.63, 3.8) is 0 Å². The van der Waals surface area contributed by atoms with Gasteiger partial charge in [-0.1, -0.05) is 43.7 Å². The number of carbonyl (C=O) groups is 1. The molecule has 122 valence electrons. The molecule has 1 aliphatic rings. The number of benzene rings is 1. The highest BCUT2D eigenvalue weighted by Gasteiger charge is 2.29. The lowest BCUT2D eigenvalue weighted by Crippen LogP contribution is -2.38. The van der Waals surface area contributed by atoms with Crippen molar-refractivity contribution < 1.29 is 4.79 Å². The fraction of sp³-hybridized carbons (Fsp3) is 0.474. The van der Waals surface area contributed by atoms with Crippen molar-refractivity contribution >= 4 is 5.91 Å². The van der Waals surface area contributed by atoms with Gasteiger partial charge in [-0.15, -0.1) is 0 Å². The van der Waals surface area contributed by atoms with Crippen LogP contribution in [0.5, 0.6) is 0 Å². The second-order valence-corrected chi connectivity index (χ2v) is 6.37. The summed E-state index contributed by atoms with van der Waals surface area (Å²) in [6.07, 6.45) is 6.52. The van der Waals surface area contributed by atoms with Crippen molar-refractivity contribution in [1.29, 1.82) is 0 Å². The minimum Gasteiger partial charge on any atom is -0.348 e. The minimum atomic E-state index is 0.0866. The Bertz CT molecular complexity index is 635. The molecule has 1 heterocycles. The summed E-state index contributed by atoms with van der Waals surface area (Å²) in [5.74, 6) is 0.381. The average molecular weight is 311 g/mol. The first-order chi connectivity index (χ1) is 11.3. The molecule has 1 aliphatic carbocycles. The molecule has 0 saturated carbocycles. The molecular weight excluding hydrogens is 286 g/mol. The zero-order chi connectivity index (χ0) is 16.1. The van der Waals surface area contributed by atoms with E-state index in [0.717, 1.165) is 50.0 Å². The predicted octanol–water partition coefficient (Wildman–Crippen LogP) is 3.34. The molecule has 1 amide bonds. The van der Waals surface area contributed by atoms with E-state index in [1.807, 2.05) is 23.1 Å². The molecule has 1 atom stereocenters. The van der Waals surface area contributed by atoms with Crippen molar-refractivity contribution in [1.82, 2.24) is 14.9 Å². The third kappa shape index (κ3) is 3.81. The molecule has 3 rings (SSSR count). The smallest absolute Gasteiger partial charge is 0.226 e. The predicted molar refractivity (Wildman–Crippen MR) is 90.9 cm³/mol. The summed E-state index contributed by atoms with van der Waals surface area (Å²) in [7, 11) is 0. The number of carbonyl (C=O) groups excluding carboxylic acids is 1. The largest absolute Gasteiger partial charge is 0.348 e. The van der Waals surface area contributed by atoms with Crippen LogP contribution in [0.2, 0.25) is 0 Å². The Kier molecular flexibility index (Phi) is 5.11. The van der Waals surface area contributed by atoms with Crippen molar-refractivity contribution in [2.45, 2.75) is 45.6 Å². The number of fused-ring (bicyclic) bond motifs is 1. The molecule has 4 nitrogen and oxygen atoms in total. The van der Waals surface area contributed by atoms with Gasteiger partial charge in [0.05, 0.1) is 12.0 Å². The fourth-order valence-corrected chi connectivity index (χ4v) is 3.29. The van der Waals surface area contributed by atoms with E-state index < -0.39 is 0 Å². The van der Waals surface area contributed by atoms with Crippen LogP contribution in [-0.4, -0.2) is 27.3 Å². The molecule has 1 aromatic carbocycles. The van der Waals surface area contributed by atoms with E-state index in [4.69, 9.17) is 0 Å². The van der Waals surface area contributed by atoms with E-state index in [2.05, 4.69) is 29.0 Å². The van der Waals surface area contributed by atoms with Gasteiger partial charge in [-0.25, -0.2) is 4.98 Å². The number of nitrogens with zero attached hydrogens (tertiary/aromatic N) is 2. The summed E-state index contributed by atoms with van der Waals surface area (Å²) in [4.78, 5) is 22.6. The molecule has 1 unspecified atom stereocenters. The highest BCUT2D eigenvalue weighted by atomic mass is 16.2. The Labute approximate surface area is 137 Å². The average Bonchev–Trinajstić information content (AvgIpc) is 3.06. The van der Waals surface area contributed by atoms with Crippen LogP contribution in [0.4, 0.5) is 0 Å². The maximum atomic E-state index is 13.0. The molecule has 0 fully saturated rings. The van der Waals surface area contributed by atoms with Gasteiger partial charge in [0, 0.05) is 31.1 Å². The lowest BCUT2D eigenvalue weighted by atomic mass is 9.88. The Morgan fingerprint density at radius 3 is 2.96 bits per heavy atom. The van der Waals surface area contributed by atoms with E-state index in [0.29, 0.717) is 12.5 Å². The summed E-state index contributed by atoms with van der Waals surface area (Å²) in [5, 5.41) is 0. The summed E-state index contributed by atoms with van der Waals surface area (Å²) in [5.41, 5.74) is 3.48. The van der Waals surface area contributed by atoms with Crippen molar-refractivity contribution in [3.8, 4) is 0 Å². The maximum absolute atomic E-state index is 13.0. The van der Waals surface area contributed by atoms with E-state index >= 15 is 0 Å². The molecule has 0 saturated heterocycles. The van der Waals surface area contributed by atoms with Gasteiger partial charge in [-0.05, 0) is 24.8 Å². The number of amides is 1. The second kappa shape index (κ2) is 7.44. The molecule has 0 bridgehead atoms. The van der Waals surface area contributed by atoms with Crippen LogP contribution in [0.3, 0.4) is 0 Å². The molecule has 1 N–H and O–H groups in total. The highest BCUT2D eigenvalue weighted by Crippen LogP contribution is 2.25. The standard InChI is InChI=1S/C19H25N3O/c1-2-3-11-22(13-15-7-5-4-6-8-15)19(23)16-9-10-17-18(12-16)21-14-20-17/h4-8,14,16H,2-3,9-13H2,1H3,(H,20,21). The van der Waals surface area contributed by atoms with E-state index in [-0.39, 0.29) is 5.92 Å². The van der Waals surface area contributed by atoms with Gasteiger partial charge in [0.25, 0.3) is 0 Å². The molecule has 4 heteroatoms. The SMILES string of the molecule is CCCCN(Cc1ccccc1)C(=O)C1CCc2nc[nH]c2C1. The van der Waals surface area contributed by atoms with Gasteiger partial charge in [-0.2, -0.15) is 0 Å². The zero-order valence-corrected chi connectivity index (χ0v) is 13.8. The first kappa shape index (κ1) is 15.8. The Morgan fingerprint density at radius 1 is 1.35 bits per heavy atom. The number of unbranched alkanes of at least 4 members (excludes halogenated alkanes) is 1. The lowest BCUT2D eigenvalue weighted by Gasteiger charge is -2.29. The van der Waals surface area contributed by atoms with Crippen LogP contribution in [0.1, 0.15) is 43.1 Å². The number of aryl methyl sites for hydroxylation is 1. The maximum Gasteiger partial charge on any atom is 0.226 e. The minimum absolute atomic E-state index is 0.0866. The van der Waals surface area contributed by atoms with Crippen LogP contribution < -0.4 is 0 Å². The molecule has 1 aromatic heterocycles.